The lowest BCUT2D eigenvalue weighted by Crippen LogP contribution is -2.18. The summed E-state index contributed by atoms with van der Waals surface area (Å²) < 4.78 is 4.94. The third kappa shape index (κ3) is 6.77. The summed E-state index contributed by atoms with van der Waals surface area (Å²) in [4.78, 5) is 0. The molecule has 0 unspecified atom stereocenters. The van der Waals surface area contributed by atoms with Gasteiger partial charge < -0.3 is 14.9 Å². The van der Waals surface area contributed by atoms with E-state index in [1.54, 1.807) is 20.8 Å². The van der Waals surface area contributed by atoms with Crippen LogP contribution in [0.2, 0.25) is 0 Å². The second-order valence-electron chi connectivity index (χ2n) is 3.19. The van der Waals surface area contributed by atoms with Crippen LogP contribution < -0.4 is 0 Å². The largest absolute Gasteiger partial charge is 0.508 e. The molecule has 11 heavy (non-hydrogen) atoms. The molecule has 0 aliphatic heterocycles. The molecule has 0 heterocycles. The first-order valence-corrected chi connectivity index (χ1v) is 3.29. The van der Waals surface area contributed by atoms with Crippen LogP contribution in [0.15, 0.2) is 24.4 Å². The number of hydrogen-bond acceptors (Lipinski definition) is 3. The van der Waals surface area contributed by atoms with Crippen LogP contribution in [-0.4, -0.2) is 15.8 Å². The fourth-order valence-electron chi connectivity index (χ4n) is 0.486. The van der Waals surface area contributed by atoms with Crippen molar-refractivity contribution >= 4 is 0 Å². The van der Waals surface area contributed by atoms with Crippen LogP contribution in [0.25, 0.3) is 0 Å². The monoisotopic (exact) mass is 158 g/mol. The molecule has 0 aromatic heterocycles. The highest BCUT2D eigenvalue weighted by molar-refractivity contribution is 5.05. The maximum absolute atomic E-state index is 8.97. The topological polar surface area (TPSA) is 49.7 Å². The average Bonchev–Trinajstić information content (AvgIpc) is 1.53. The lowest BCUT2D eigenvalue weighted by atomic mass is 10.2. The number of allylic oxidation sites excluding steroid dienone is 1. The smallest absolute Gasteiger partial charge is 0.280 e. The SMILES string of the molecule is C=C(O)C=C(O)OC(C)(C)C. The summed E-state index contributed by atoms with van der Waals surface area (Å²) >= 11 is 0. The molecule has 0 aromatic carbocycles. The Morgan fingerprint density at radius 3 is 2.09 bits per heavy atom. The maximum Gasteiger partial charge on any atom is 0.280 e. The highest BCUT2D eigenvalue weighted by Gasteiger charge is 2.12. The Morgan fingerprint density at radius 2 is 1.82 bits per heavy atom. The number of hydrogen-bond donors (Lipinski definition) is 2. The van der Waals surface area contributed by atoms with Crippen LogP contribution in [0.1, 0.15) is 20.8 Å². The molecule has 0 saturated heterocycles. The maximum atomic E-state index is 8.97. The molecule has 0 aromatic rings. The third-order valence-corrected chi connectivity index (χ3v) is 0.701. The first-order valence-electron chi connectivity index (χ1n) is 3.29. The molecule has 0 bridgehead atoms. The highest BCUT2D eigenvalue weighted by Crippen LogP contribution is 2.11. The van der Waals surface area contributed by atoms with Crippen LogP contribution >= 0.6 is 0 Å². The first kappa shape index (κ1) is 9.88. The van der Waals surface area contributed by atoms with Crippen molar-refractivity contribution in [3.05, 3.63) is 24.4 Å². The minimum absolute atomic E-state index is 0.230. The van der Waals surface area contributed by atoms with Crippen LogP contribution in [0.3, 0.4) is 0 Å². The van der Waals surface area contributed by atoms with Gasteiger partial charge in [0, 0.05) is 0 Å². The molecule has 0 atom stereocenters. The molecule has 0 spiro atoms. The fourth-order valence-corrected chi connectivity index (χ4v) is 0.486. The first-order chi connectivity index (χ1) is 4.81. The normalized spacial score (nSPS) is 12.8. The van der Waals surface area contributed by atoms with Gasteiger partial charge in [-0.1, -0.05) is 6.58 Å². The van der Waals surface area contributed by atoms with Gasteiger partial charge in [-0.25, -0.2) is 0 Å². The summed E-state index contributed by atoms with van der Waals surface area (Å²) in [5.41, 5.74) is -0.462. The van der Waals surface area contributed by atoms with Gasteiger partial charge in [-0.15, -0.1) is 0 Å². The Labute approximate surface area is 66.6 Å². The number of aliphatic hydroxyl groups is 2. The van der Waals surface area contributed by atoms with Crippen molar-refractivity contribution in [2.75, 3.05) is 0 Å². The lowest BCUT2D eigenvalue weighted by molar-refractivity contribution is -0.0150. The molecule has 0 amide bonds. The van der Waals surface area contributed by atoms with E-state index in [0.29, 0.717) is 0 Å². The summed E-state index contributed by atoms with van der Waals surface area (Å²) in [7, 11) is 0. The number of rotatable bonds is 2. The predicted octanol–water partition coefficient (Wildman–Crippen LogP) is 2.27. The van der Waals surface area contributed by atoms with Gasteiger partial charge in [0.15, 0.2) is 0 Å². The molecule has 3 nitrogen and oxygen atoms in total. The molecule has 0 rings (SSSR count). The Morgan fingerprint density at radius 1 is 1.36 bits per heavy atom. The van der Waals surface area contributed by atoms with Crippen molar-refractivity contribution in [3.8, 4) is 0 Å². The van der Waals surface area contributed by atoms with Crippen molar-refractivity contribution in [1.82, 2.24) is 0 Å². The molecule has 0 aliphatic rings. The molecule has 2 N–H and O–H groups in total. The number of ether oxygens (including phenoxy) is 1. The van der Waals surface area contributed by atoms with E-state index in [2.05, 4.69) is 6.58 Å². The zero-order valence-corrected chi connectivity index (χ0v) is 7.09. The quantitative estimate of drug-likeness (QED) is 0.478. The predicted molar refractivity (Wildman–Crippen MR) is 43.3 cm³/mol. The molecule has 0 saturated carbocycles. The van der Waals surface area contributed by atoms with Crippen molar-refractivity contribution in [1.29, 1.82) is 0 Å². The average molecular weight is 158 g/mol. The Hall–Kier alpha value is -1.12. The van der Waals surface area contributed by atoms with Gasteiger partial charge in [0.2, 0.25) is 0 Å². The van der Waals surface area contributed by atoms with Gasteiger partial charge >= 0.3 is 0 Å². The zero-order chi connectivity index (χ0) is 9.07. The Bertz CT molecular complexity index is 174. The van der Waals surface area contributed by atoms with E-state index in [4.69, 9.17) is 14.9 Å². The zero-order valence-electron chi connectivity index (χ0n) is 7.09. The molecular weight excluding hydrogens is 144 g/mol. The minimum Gasteiger partial charge on any atom is -0.508 e. The summed E-state index contributed by atoms with van der Waals surface area (Å²) in [5, 5.41) is 17.6. The van der Waals surface area contributed by atoms with Crippen LogP contribution in [0.4, 0.5) is 0 Å². The van der Waals surface area contributed by atoms with E-state index in [0.717, 1.165) is 6.08 Å². The van der Waals surface area contributed by atoms with Crippen LogP contribution in [0, 0.1) is 0 Å². The van der Waals surface area contributed by atoms with Crippen molar-refractivity contribution < 1.29 is 14.9 Å². The summed E-state index contributed by atoms with van der Waals surface area (Å²) in [6, 6.07) is 0. The molecule has 3 heteroatoms. The van der Waals surface area contributed by atoms with E-state index in [-0.39, 0.29) is 11.7 Å². The van der Waals surface area contributed by atoms with E-state index in [1.807, 2.05) is 0 Å². The van der Waals surface area contributed by atoms with Gasteiger partial charge in [-0.2, -0.15) is 0 Å². The summed E-state index contributed by atoms with van der Waals surface area (Å²) in [6.07, 6.45) is 1.05. The van der Waals surface area contributed by atoms with Crippen molar-refractivity contribution in [3.63, 3.8) is 0 Å². The second kappa shape index (κ2) is 3.32. The molecule has 64 valence electrons. The second-order valence-corrected chi connectivity index (χ2v) is 3.19. The number of aliphatic hydroxyl groups excluding tert-OH is 2. The molecule has 0 aliphatic carbocycles. The lowest BCUT2D eigenvalue weighted by Gasteiger charge is -2.19. The van der Waals surface area contributed by atoms with Crippen LogP contribution in [0.5, 0.6) is 0 Å². The highest BCUT2D eigenvalue weighted by atomic mass is 16.6. The Balaban J connectivity index is 4.07. The van der Waals surface area contributed by atoms with E-state index >= 15 is 0 Å². The van der Waals surface area contributed by atoms with Gasteiger partial charge in [0.25, 0.3) is 5.95 Å². The van der Waals surface area contributed by atoms with Crippen molar-refractivity contribution in [2.45, 2.75) is 26.4 Å². The Kier molecular flexibility index (Phi) is 2.99. The minimum atomic E-state index is -0.462. The van der Waals surface area contributed by atoms with Gasteiger partial charge in [0.05, 0.1) is 6.08 Å². The fraction of sp³-hybridized carbons (Fsp3) is 0.500. The van der Waals surface area contributed by atoms with E-state index in [9.17, 15) is 0 Å². The van der Waals surface area contributed by atoms with Gasteiger partial charge in [0.1, 0.15) is 11.4 Å². The van der Waals surface area contributed by atoms with E-state index in [1.165, 1.54) is 0 Å². The summed E-state index contributed by atoms with van der Waals surface area (Å²) in [5.74, 6) is -0.559. The third-order valence-electron chi connectivity index (χ3n) is 0.701. The van der Waals surface area contributed by atoms with E-state index < -0.39 is 5.60 Å². The summed E-state index contributed by atoms with van der Waals surface area (Å²) in [6.45, 7) is 8.53. The van der Waals surface area contributed by atoms with Gasteiger partial charge in [-0.05, 0) is 20.8 Å². The molecular formula is C8H14O3. The standard InChI is InChI=1S/C8H14O3/c1-6(9)5-7(10)11-8(2,3)4/h5,9-10H,1H2,2-4H3. The molecule has 0 radical (unpaired) electrons. The van der Waals surface area contributed by atoms with Gasteiger partial charge in [-0.3, -0.25) is 0 Å². The molecule has 0 fully saturated rings. The van der Waals surface area contributed by atoms with Crippen molar-refractivity contribution in [2.24, 2.45) is 0 Å². The van der Waals surface area contributed by atoms with Crippen LogP contribution in [-0.2, 0) is 4.74 Å².